The van der Waals surface area contributed by atoms with Gasteiger partial charge in [0.05, 0.1) is 12.3 Å². The summed E-state index contributed by atoms with van der Waals surface area (Å²) in [4.78, 5) is 21.6. The van der Waals surface area contributed by atoms with Gasteiger partial charge in [0, 0.05) is 0 Å². The molecule has 1 aliphatic rings. The fourth-order valence-corrected chi connectivity index (χ4v) is 1.22. The van der Waals surface area contributed by atoms with Gasteiger partial charge in [-0.2, -0.15) is 0 Å². The quantitative estimate of drug-likeness (QED) is 0.288. The van der Waals surface area contributed by atoms with Gasteiger partial charge in [-0.1, -0.05) is 31.9 Å². The highest BCUT2D eigenvalue weighted by atomic mass is 16.6. The summed E-state index contributed by atoms with van der Waals surface area (Å²) < 4.78 is 4.40. The number of esters is 2. The molecular weight excluding hydrogens is 168 g/mol. The minimum Gasteiger partial charge on any atom is -0.393 e. The molecule has 0 radical (unpaired) electrons. The lowest BCUT2D eigenvalue weighted by Gasteiger charge is -1.94. The van der Waals surface area contributed by atoms with Crippen molar-refractivity contribution < 1.29 is 14.3 Å². The molecule has 1 heterocycles. The Labute approximate surface area is 77.8 Å². The van der Waals surface area contributed by atoms with Crippen LogP contribution in [0, 0.1) is 5.92 Å². The van der Waals surface area contributed by atoms with E-state index in [0.29, 0.717) is 0 Å². The molecule has 0 aliphatic carbocycles. The number of unbranched alkanes of at least 4 members (excludes halogenated alkanes) is 2. The van der Waals surface area contributed by atoms with Crippen molar-refractivity contribution in [2.45, 2.75) is 32.6 Å². The topological polar surface area (TPSA) is 43.4 Å². The predicted molar refractivity (Wildman–Crippen MR) is 47.9 cm³/mol. The van der Waals surface area contributed by atoms with Crippen molar-refractivity contribution in [3.63, 3.8) is 0 Å². The largest absolute Gasteiger partial charge is 0.393 e. The van der Waals surface area contributed by atoms with E-state index in [9.17, 15) is 9.59 Å². The van der Waals surface area contributed by atoms with Crippen molar-refractivity contribution in [2.75, 3.05) is 0 Å². The molecule has 0 unspecified atom stereocenters. The lowest BCUT2D eigenvalue weighted by atomic mass is 10.1. The van der Waals surface area contributed by atoms with Crippen molar-refractivity contribution in [1.82, 2.24) is 0 Å². The summed E-state index contributed by atoms with van der Waals surface area (Å²) >= 11 is 0. The lowest BCUT2D eigenvalue weighted by Crippen LogP contribution is -2.03. The van der Waals surface area contributed by atoms with Crippen LogP contribution in [0.4, 0.5) is 0 Å². The van der Waals surface area contributed by atoms with Gasteiger partial charge in [-0.15, -0.1) is 0 Å². The van der Waals surface area contributed by atoms with Crippen LogP contribution in [0.15, 0.2) is 12.2 Å². The van der Waals surface area contributed by atoms with E-state index >= 15 is 0 Å². The molecule has 0 spiro atoms. The van der Waals surface area contributed by atoms with Crippen LogP contribution >= 0.6 is 0 Å². The maximum Gasteiger partial charge on any atom is 0.321 e. The second kappa shape index (κ2) is 4.80. The van der Waals surface area contributed by atoms with Crippen LogP contribution in [-0.2, 0) is 14.3 Å². The fraction of sp³-hybridized carbons (Fsp3) is 0.600. The zero-order valence-electron chi connectivity index (χ0n) is 7.79. The SMILES string of the molecule is CCCC/C=C/[C@H]1CC(=O)OC1=O. The number of allylic oxidation sites excluding steroid dienone is 1. The summed E-state index contributed by atoms with van der Waals surface area (Å²) in [5.74, 6) is -1.14. The Bertz CT molecular complexity index is 230. The second-order valence-corrected chi connectivity index (χ2v) is 3.17. The van der Waals surface area contributed by atoms with E-state index in [-0.39, 0.29) is 12.3 Å². The summed E-state index contributed by atoms with van der Waals surface area (Å²) in [6.45, 7) is 2.11. The summed E-state index contributed by atoms with van der Waals surface area (Å²) in [6, 6.07) is 0. The molecule has 3 nitrogen and oxygen atoms in total. The van der Waals surface area contributed by atoms with Gasteiger partial charge >= 0.3 is 11.9 Å². The number of rotatable bonds is 4. The van der Waals surface area contributed by atoms with Crippen molar-refractivity contribution in [3.8, 4) is 0 Å². The third-order valence-corrected chi connectivity index (χ3v) is 2.00. The second-order valence-electron chi connectivity index (χ2n) is 3.17. The summed E-state index contributed by atoms with van der Waals surface area (Å²) in [6.07, 6.45) is 7.16. The molecule has 1 atom stereocenters. The number of cyclic esters (lactones) is 2. The van der Waals surface area contributed by atoms with Gasteiger partial charge in [-0.25, -0.2) is 0 Å². The Kier molecular flexibility index (Phi) is 3.68. The van der Waals surface area contributed by atoms with E-state index in [1.165, 1.54) is 0 Å². The first-order valence-corrected chi connectivity index (χ1v) is 4.65. The van der Waals surface area contributed by atoms with Crippen molar-refractivity contribution in [3.05, 3.63) is 12.2 Å². The van der Waals surface area contributed by atoms with Gasteiger partial charge < -0.3 is 4.74 Å². The van der Waals surface area contributed by atoms with Gasteiger partial charge in [0.15, 0.2) is 0 Å². The van der Waals surface area contributed by atoms with Crippen molar-refractivity contribution >= 4 is 11.9 Å². The highest BCUT2D eigenvalue weighted by Crippen LogP contribution is 2.17. The van der Waals surface area contributed by atoms with Gasteiger partial charge in [-0.05, 0) is 6.42 Å². The lowest BCUT2D eigenvalue weighted by molar-refractivity contribution is -0.152. The van der Waals surface area contributed by atoms with Crippen LogP contribution in [0.5, 0.6) is 0 Å². The van der Waals surface area contributed by atoms with Gasteiger partial charge in [0.25, 0.3) is 0 Å². The number of hydrogen-bond acceptors (Lipinski definition) is 3. The molecule has 0 N–H and O–H groups in total. The molecular formula is C10H14O3. The van der Waals surface area contributed by atoms with E-state index in [2.05, 4.69) is 11.7 Å². The smallest absolute Gasteiger partial charge is 0.321 e. The highest BCUT2D eigenvalue weighted by molar-refractivity contribution is 5.95. The number of carbonyl (C=O) groups is 2. The molecule has 0 aromatic rings. The number of ether oxygens (including phenoxy) is 1. The zero-order valence-corrected chi connectivity index (χ0v) is 7.79. The van der Waals surface area contributed by atoms with E-state index in [1.807, 2.05) is 6.08 Å². The van der Waals surface area contributed by atoms with Gasteiger partial charge in [0.1, 0.15) is 0 Å². The van der Waals surface area contributed by atoms with E-state index in [1.54, 1.807) is 6.08 Å². The molecule has 0 aromatic heterocycles. The number of hydrogen-bond donors (Lipinski definition) is 0. The van der Waals surface area contributed by atoms with Crippen molar-refractivity contribution in [2.24, 2.45) is 5.92 Å². The Morgan fingerprint density at radius 2 is 2.31 bits per heavy atom. The summed E-state index contributed by atoms with van der Waals surface area (Å²) in [7, 11) is 0. The molecule has 1 fully saturated rings. The predicted octanol–water partition coefficient (Wildman–Crippen LogP) is 1.82. The molecule has 13 heavy (non-hydrogen) atoms. The minimum absolute atomic E-state index is 0.210. The van der Waals surface area contributed by atoms with E-state index in [0.717, 1.165) is 19.3 Å². The summed E-state index contributed by atoms with van der Waals surface area (Å²) in [5.41, 5.74) is 0. The molecule has 1 rings (SSSR count). The van der Waals surface area contributed by atoms with Crippen LogP contribution in [0.25, 0.3) is 0 Å². The van der Waals surface area contributed by atoms with Crippen LogP contribution in [0.3, 0.4) is 0 Å². The molecule has 72 valence electrons. The molecule has 0 amide bonds. The fourth-order valence-electron chi connectivity index (χ4n) is 1.22. The molecule has 0 bridgehead atoms. The Morgan fingerprint density at radius 3 is 2.85 bits per heavy atom. The zero-order chi connectivity index (χ0) is 9.68. The maximum absolute atomic E-state index is 11.0. The maximum atomic E-state index is 11.0. The first-order valence-electron chi connectivity index (χ1n) is 4.65. The van der Waals surface area contributed by atoms with Crippen LogP contribution in [-0.4, -0.2) is 11.9 Å². The van der Waals surface area contributed by atoms with Crippen molar-refractivity contribution in [1.29, 1.82) is 0 Å². The average Bonchev–Trinajstić information content (AvgIpc) is 2.39. The summed E-state index contributed by atoms with van der Waals surface area (Å²) in [5, 5.41) is 0. The monoisotopic (exact) mass is 182 g/mol. The van der Waals surface area contributed by atoms with Gasteiger partial charge in [0.2, 0.25) is 0 Å². The molecule has 1 saturated heterocycles. The Hall–Kier alpha value is -1.12. The normalized spacial score (nSPS) is 22.7. The Morgan fingerprint density at radius 1 is 1.54 bits per heavy atom. The van der Waals surface area contributed by atoms with Crippen LogP contribution in [0.2, 0.25) is 0 Å². The first-order chi connectivity index (χ1) is 6.24. The third kappa shape index (κ3) is 3.01. The highest BCUT2D eigenvalue weighted by Gasteiger charge is 2.30. The van der Waals surface area contributed by atoms with E-state index < -0.39 is 11.9 Å². The van der Waals surface area contributed by atoms with Gasteiger partial charge in [-0.3, -0.25) is 9.59 Å². The third-order valence-electron chi connectivity index (χ3n) is 2.00. The molecule has 1 aliphatic heterocycles. The van der Waals surface area contributed by atoms with Crippen LogP contribution in [0.1, 0.15) is 32.6 Å². The average molecular weight is 182 g/mol. The first kappa shape index (κ1) is 9.96. The van der Waals surface area contributed by atoms with Crippen LogP contribution < -0.4 is 0 Å². The minimum atomic E-state index is -0.407. The molecule has 0 aromatic carbocycles. The standard InChI is InChI=1S/C10H14O3/c1-2-3-4-5-6-8-7-9(11)13-10(8)12/h5-6,8H,2-4,7H2,1H3/b6-5+/t8-/m0/s1. The Balaban J connectivity index is 2.32. The molecule has 3 heteroatoms. The number of carbonyl (C=O) groups excluding carboxylic acids is 2. The molecule has 0 saturated carbocycles. The van der Waals surface area contributed by atoms with E-state index in [4.69, 9.17) is 0 Å².